The number of rotatable bonds is 0. The molecule has 0 fully saturated rings. The minimum absolute atomic E-state index is 0.981. The normalized spacial score (nSPS) is 10.3. The van der Waals surface area contributed by atoms with E-state index < -0.39 is 0 Å². The van der Waals surface area contributed by atoms with Crippen LogP contribution in [0.25, 0.3) is 11.0 Å². The Morgan fingerprint density at radius 1 is 1.09 bits per heavy atom. The average Bonchev–Trinajstić information content (AvgIpc) is 2.06. The number of hydrogen-bond acceptors (Lipinski definition) is 0. The van der Waals surface area contributed by atoms with Crippen LogP contribution >= 0.6 is 0 Å². The lowest BCUT2D eigenvalue weighted by molar-refractivity contribution is 0.601. The molecule has 0 N–H and O–H groups in total. The number of fused-ring (bicyclic) bond motifs is 1. The monoisotopic (exact) mass is 145 g/mol. The van der Waals surface area contributed by atoms with Crippen LogP contribution in [0.5, 0.6) is 0 Å². The Morgan fingerprint density at radius 3 is 2.73 bits per heavy atom. The largest absolute Gasteiger partial charge is 0.362 e. The zero-order chi connectivity index (χ0) is 7.68. The van der Waals surface area contributed by atoms with Gasteiger partial charge < -0.3 is 0 Å². The highest BCUT2D eigenvalue weighted by atomic mass is 16.3. The summed E-state index contributed by atoms with van der Waals surface area (Å²) in [7, 11) is 0. The van der Waals surface area contributed by atoms with E-state index in [0.717, 1.165) is 11.0 Å². The summed E-state index contributed by atoms with van der Waals surface area (Å²) in [5.41, 5.74) is 2.16. The second kappa shape index (κ2) is 2.35. The highest BCUT2D eigenvalue weighted by Gasteiger charge is 2.05. The minimum atomic E-state index is 0.981. The molecule has 1 aromatic carbocycles. The van der Waals surface area contributed by atoms with E-state index in [4.69, 9.17) is 4.42 Å². The molecule has 1 heterocycles. The van der Waals surface area contributed by atoms with Crippen molar-refractivity contribution >= 4 is 11.0 Å². The molecule has 2 aromatic rings. The second-order valence-corrected chi connectivity index (χ2v) is 2.61. The molecule has 2 rings (SSSR count). The molecule has 0 aliphatic rings. The van der Waals surface area contributed by atoms with Gasteiger partial charge in [0.15, 0.2) is 0 Å². The van der Waals surface area contributed by atoms with Crippen LogP contribution in [0.15, 0.2) is 41.0 Å². The molecule has 0 amide bonds. The molecule has 11 heavy (non-hydrogen) atoms. The summed E-state index contributed by atoms with van der Waals surface area (Å²) < 4.78 is 5.34. The van der Waals surface area contributed by atoms with Gasteiger partial charge in [-0.15, -0.1) is 0 Å². The molecule has 0 bridgehead atoms. The fraction of sp³-hybridized carbons (Fsp3) is 0.100. The Labute approximate surface area is 65.3 Å². The van der Waals surface area contributed by atoms with Gasteiger partial charge in [-0.1, -0.05) is 6.07 Å². The molecule has 0 atom stereocenters. The molecular formula is C10H9O+. The van der Waals surface area contributed by atoms with Gasteiger partial charge in [-0.05, 0) is 25.1 Å². The lowest BCUT2D eigenvalue weighted by Crippen LogP contribution is -1.75. The fourth-order valence-electron chi connectivity index (χ4n) is 1.22. The highest BCUT2D eigenvalue weighted by molar-refractivity contribution is 5.79. The van der Waals surface area contributed by atoms with E-state index in [-0.39, 0.29) is 0 Å². The molecule has 0 radical (unpaired) electrons. The maximum atomic E-state index is 5.34. The predicted molar refractivity (Wildman–Crippen MR) is 45.4 cm³/mol. The summed E-state index contributed by atoms with van der Waals surface area (Å²) in [4.78, 5) is 0. The van der Waals surface area contributed by atoms with E-state index in [1.54, 1.807) is 6.26 Å². The molecule has 0 saturated carbocycles. The Bertz CT molecular complexity index is 374. The Balaban J connectivity index is 2.91. The highest BCUT2D eigenvalue weighted by Crippen LogP contribution is 2.16. The lowest BCUT2D eigenvalue weighted by Gasteiger charge is -1.88. The van der Waals surface area contributed by atoms with E-state index in [0.29, 0.717) is 0 Å². The van der Waals surface area contributed by atoms with Crippen LogP contribution in [-0.4, -0.2) is 0 Å². The van der Waals surface area contributed by atoms with Crippen molar-refractivity contribution in [1.82, 2.24) is 0 Å². The molecule has 1 heteroatoms. The van der Waals surface area contributed by atoms with E-state index >= 15 is 0 Å². The van der Waals surface area contributed by atoms with Gasteiger partial charge >= 0.3 is 11.8 Å². The molecule has 0 unspecified atom stereocenters. The zero-order valence-corrected chi connectivity index (χ0v) is 6.37. The molecule has 54 valence electrons. The summed E-state index contributed by atoms with van der Waals surface area (Å²) in [6, 6.07) is 10.1. The Hall–Kier alpha value is -1.37. The first-order valence-corrected chi connectivity index (χ1v) is 3.64. The van der Waals surface area contributed by atoms with E-state index in [9.17, 15) is 0 Å². The van der Waals surface area contributed by atoms with Gasteiger partial charge in [0, 0.05) is 6.07 Å². The summed E-state index contributed by atoms with van der Waals surface area (Å²) in [6.07, 6.45) is 1.70. The van der Waals surface area contributed by atoms with Gasteiger partial charge in [0.05, 0.1) is 10.9 Å². The fourth-order valence-corrected chi connectivity index (χ4v) is 1.22. The molecule has 0 saturated heterocycles. The van der Waals surface area contributed by atoms with Crippen LogP contribution in [-0.2, 0) is 0 Å². The Kier molecular flexibility index (Phi) is 1.35. The summed E-state index contributed by atoms with van der Waals surface area (Å²) in [6.45, 7) is 2.05. The van der Waals surface area contributed by atoms with E-state index in [1.165, 1.54) is 5.56 Å². The first kappa shape index (κ1) is 6.35. The summed E-state index contributed by atoms with van der Waals surface area (Å²) in [5, 5.41) is 1.16. The zero-order valence-electron chi connectivity index (χ0n) is 6.37. The number of hydrogen-bond donors (Lipinski definition) is 0. The maximum Gasteiger partial charge on any atom is 0.362 e. The minimum Gasteiger partial charge on any atom is -0.215 e. The van der Waals surface area contributed by atoms with Crippen molar-refractivity contribution in [3.8, 4) is 0 Å². The van der Waals surface area contributed by atoms with Gasteiger partial charge in [0.25, 0.3) is 0 Å². The number of para-hydroxylation sites is 1. The van der Waals surface area contributed by atoms with E-state index in [2.05, 4.69) is 0 Å². The molecule has 0 spiro atoms. The third kappa shape index (κ3) is 0.984. The lowest BCUT2D eigenvalue weighted by atomic mass is 10.1. The SMILES string of the molecule is Cc1cccc2ccc[o+]c12. The van der Waals surface area contributed by atoms with Crippen molar-refractivity contribution in [3.63, 3.8) is 0 Å². The van der Waals surface area contributed by atoms with Crippen LogP contribution in [0.4, 0.5) is 0 Å². The van der Waals surface area contributed by atoms with Crippen LogP contribution in [0.3, 0.4) is 0 Å². The smallest absolute Gasteiger partial charge is 0.215 e. The van der Waals surface area contributed by atoms with Gasteiger partial charge in [-0.2, -0.15) is 0 Å². The van der Waals surface area contributed by atoms with E-state index in [1.807, 2.05) is 37.3 Å². The van der Waals surface area contributed by atoms with Gasteiger partial charge in [0.1, 0.15) is 0 Å². The van der Waals surface area contributed by atoms with Crippen LogP contribution in [0, 0.1) is 6.92 Å². The third-order valence-electron chi connectivity index (χ3n) is 1.78. The average molecular weight is 145 g/mol. The van der Waals surface area contributed by atoms with Gasteiger partial charge in [0.2, 0.25) is 0 Å². The number of benzene rings is 1. The first-order valence-electron chi connectivity index (χ1n) is 3.64. The number of aryl methyl sites for hydroxylation is 1. The molecular weight excluding hydrogens is 136 g/mol. The molecule has 0 aliphatic carbocycles. The molecule has 1 aromatic heterocycles. The van der Waals surface area contributed by atoms with Crippen molar-refractivity contribution in [2.24, 2.45) is 0 Å². The summed E-state index contributed by atoms with van der Waals surface area (Å²) >= 11 is 0. The summed E-state index contributed by atoms with van der Waals surface area (Å²) in [5.74, 6) is 0. The van der Waals surface area contributed by atoms with Crippen molar-refractivity contribution in [2.75, 3.05) is 0 Å². The van der Waals surface area contributed by atoms with Crippen LogP contribution in [0.2, 0.25) is 0 Å². The van der Waals surface area contributed by atoms with Crippen molar-refractivity contribution in [1.29, 1.82) is 0 Å². The van der Waals surface area contributed by atoms with Gasteiger partial charge in [-0.25, -0.2) is 4.42 Å². The quantitative estimate of drug-likeness (QED) is 0.518. The third-order valence-corrected chi connectivity index (χ3v) is 1.78. The van der Waals surface area contributed by atoms with Crippen LogP contribution < -0.4 is 0 Å². The van der Waals surface area contributed by atoms with Crippen molar-refractivity contribution in [2.45, 2.75) is 6.92 Å². The van der Waals surface area contributed by atoms with Gasteiger partial charge in [-0.3, -0.25) is 0 Å². The van der Waals surface area contributed by atoms with Crippen molar-refractivity contribution < 1.29 is 4.42 Å². The molecule has 1 nitrogen and oxygen atoms in total. The molecule has 0 aliphatic heterocycles. The maximum absolute atomic E-state index is 5.34. The standard InChI is InChI=1S/C10H9O/c1-8-4-2-5-9-6-3-7-11-10(8)9/h2-7H,1H3/q+1. The predicted octanol–water partition coefficient (Wildman–Crippen LogP) is 3.02. The second-order valence-electron chi connectivity index (χ2n) is 2.61. The van der Waals surface area contributed by atoms with Crippen LogP contribution in [0.1, 0.15) is 5.56 Å². The Morgan fingerprint density at radius 2 is 1.91 bits per heavy atom. The topological polar surface area (TPSA) is 11.3 Å². The first-order chi connectivity index (χ1) is 5.38. The van der Waals surface area contributed by atoms with Crippen molar-refractivity contribution in [3.05, 3.63) is 42.2 Å².